The summed E-state index contributed by atoms with van der Waals surface area (Å²) in [7, 11) is 0. The van der Waals surface area contributed by atoms with E-state index in [-0.39, 0.29) is 12.1 Å². The summed E-state index contributed by atoms with van der Waals surface area (Å²) in [6.45, 7) is 2.98. The molecule has 0 unspecified atom stereocenters. The first-order valence-electron chi connectivity index (χ1n) is 7.78. The first-order valence-corrected chi connectivity index (χ1v) is 7.78. The molecule has 1 heterocycles. The van der Waals surface area contributed by atoms with E-state index < -0.39 is 17.5 Å². The number of aryl methyl sites for hydroxylation is 1. The molecule has 124 valence electrons. The molecule has 0 fully saturated rings. The summed E-state index contributed by atoms with van der Waals surface area (Å²) < 4.78 is 28.7. The molecule has 4 nitrogen and oxygen atoms in total. The number of benzene rings is 2. The molecule has 0 radical (unpaired) electrons. The molecule has 6 heteroatoms. The minimum atomic E-state index is -0.754. The fraction of sp³-hybridized carbons (Fsp3) is 0.222. The van der Waals surface area contributed by atoms with E-state index in [1.165, 1.54) is 0 Å². The lowest BCUT2D eigenvalue weighted by Gasteiger charge is -2.05. The van der Waals surface area contributed by atoms with Gasteiger partial charge in [-0.1, -0.05) is 25.1 Å². The number of hydrogen-bond acceptors (Lipinski definition) is 2. The van der Waals surface area contributed by atoms with Gasteiger partial charge in [0, 0.05) is 11.9 Å². The molecular weight excluding hydrogens is 312 g/mol. The Labute approximate surface area is 138 Å². The molecule has 1 aromatic heterocycles. The minimum Gasteiger partial charge on any atom is -0.346 e. The van der Waals surface area contributed by atoms with Crippen LogP contribution < -0.4 is 5.32 Å². The van der Waals surface area contributed by atoms with E-state index in [0.29, 0.717) is 5.69 Å². The van der Waals surface area contributed by atoms with Crippen LogP contribution in [0.5, 0.6) is 0 Å². The van der Waals surface area contributed by atoms with Crippen LogP contribution in [0.4, 0.5) is 8.78 Å². The van der Waals surface area contributed by atoms with E-state index >= 15 is 0 Å². The third kappa shape index (κ3) is 3.13. The summed E-state index contributed by atoms with van der Waals surface area (Å²) >= 11 is 0. The number of rotatable bonds is 5. The van der Waals surface area contributed by atoms with E-state index in [2.05, 4.69) is 17.3 Å². The van der Waals surface area contributed by atoms with Gasteiger partial charge in [0.15, 0.2) is 0 Å². The molecule has 0 atom stereocenters. The summed E-state index contributed by atoms with van der Waals surface area (Å²) in [5.41, 5.74) is 1.37. The lowest BCUT2D eigenvalue weighted by Crippen LogP contribution is -2.24. The second-order valence-electron chi connectivity index (χ2n) is 5.49. The molecule has 0 saturated heterocycles. The largest absolute Gasteiger partial charge is 0.346 e. The smallest absolute Gasteiger partial charge is 0.254 e. The maximum absolute atomic E-state index is 13.7. The van der Waals surface area contributed by atoms with Crippen molar-refractivity contribution in [2.45, 2.75) is 26.4 Å². The van der Waals surface area contributed by atoms with Crippen LogP contribution in [0.1, 0.15) is 29.4 Å². The topological polar surface area (TPSA) is 46.9 Å². The van der Waals surface area contributed by atoms with Gasteiger partial charge in [-0.15, -0.1) is 0 Å². The molecule has 3 aromatic rings. The number of para-hydroxylation sites is 1. The zero-order chi connectivity index (χ0) is 17.1. The third-order valence-electron chi connectivity index (χ3n) is 3.76. The number of nitrogens with one attached hydrogen (secondary N) is 1. The average Bonchev–Trinajstić information content (AvgIpc) is 2.93. The van der Waals surface area contributed by atoms with Gasteiger partial charge in [0.25, 0.3) is 5.91 Å². The maximum Gasteiger partial charge on any atom is 0.254 e. The predicted molar refractivity (Wildman–Crippen MR) is 87.6 cm³/mol. The van der Waals surface area contributed by atoms with Crippen molar-refractivity contribution in [1.82, 2.24) is 15.1 Å². The second-order valence-corrected chi connectivity index (χ2v) is 5.49. The Morgan fingerprint density at radius 3 is 2.79 bits per heavy atom. The zero-order valence-electron chi connectivity index (χ0n) is 13.2. The Morgan fingerprint density at radius 2 is 2.00 bits per heavy atom. The Bertz CT molecular complexity index is 889. The minimum absolute atomic E-state index is 0.145. The third-order valence-corrected chi connectivity index (χ3v) is 3.76. The van der Waals surface area contributed by atoms with Crippen molar-refractivity contribution in [1.29, 1.82) is 0 Å². The number of aromatic nitrogens is 2. The number of carbonyl (C=O) groups is 1. The van der Waals surface area contributed by atoms with E-state index in [9.17, 15) is 13.6 Å². The first-order chi connectivity index (χ1) is 11.6. The van der Waals surface area contributed by atoms with Crippen LogP contribution in [-0.2, 0) is 13.1 Å². The van der Waals surface area contributed by atoms with Crippen LogP contribution in [0.15, 0.2) is 42.5 Å². The van der Waals surface area contributed by atoms with Gasteiger partial charge in [-0.2, -0.15) is 5.10 Å². The van der Waals surface area contributed by atoms with E-state index in [0.717, 1.165) is 42.1 Å². The molecule has 0 aliphatic carbocycles. The van der Waals surface area contributed by atoms with Gasteiger partial charge < -0.3 is 5.32 Å². The van der Waals surface area contributed by atoms with Crippen LogP contribution in [0.25, 0.3) is 10.9 Å². The fourth-order valence-corrected chi connectivity index (χ4v) is 2.64. The van der Waals surface area contributed by atoms with Crippen molar-refractivity contribution in [2.75, 3.05) is 0 Å². The highest BCUT2D eigenvalue weighted by molar-refractivity contribution is 5.94. The highest BCUT2D eigenvalue weighted by Gasteiger charge is 2.15. The molecule has 24 heavy (non-hydrogen) atoms. The summed E-state index contributed by atoms with van der Waals surface area (Å²) in [5.74, 6) is -2.07. The normalized spacial score (nSPS) is 11.0. The van der Waals surface area contributed by atoms with Crippen molar-refractivity contribution in [2.24, 2.45) is 0 Å². The number of fused-ring (bicyclic) bond motifs is 1. The zero-order valence-corrected chi connectivity index (χ0v) is 13.2. The first kappa shape index (κ1) is 16.1. The van der Waals surface area contributed by atoms with Crippen LogP contribution in [0.3, 0.4) is 0 Å². The molecule has 0 spiro atoms. The molecule has 0 aliphatic rings. The molecule has 3 rings (SSSR count). The summed E-state index contributed by atoms with van der Waals surface area (Å²) in [6, 6.07) is 10.5. The standard InChI is InChI=1S/C18H17F2N3O/c1-2-9-23-17-6-4-3-5-13(17)16(22-23)11-21-18(24)14-10-12(19)7-8-15(14)20/h3-8,10H,2,9,11H2,1H3,(H,21,24). The van der Waals surface area contributed by atoms with Crippen molar-refractivity contribution in [3.63, 3.8) is 0 Å². The monoisotopic (exact) mass is 329 g/mol. The lowest BCUT2D eigenvalue weighted by atomic mass is 10.1. The van der Waals surface area contributed by atoms with Crippen LogP contribution in [-0.4, -0.2) is 15.7 Å². The van der Waals surface area contributed by atoms with Crippen LogP contribution in [0.2, 0.25) is 0 Å². The second kappa shape index (κ2) is 6.78. The lowest BCUT2D eigenvalue weighted by molar-refractivity contribution is 0.0946. The summed E-state index contributed by atoms with van der Waals surface area (Å²) in [4.78, 5) is 12.1. The highest BCUT2D eigenvalue weighted by atomic mass is 19.1. The predicted octanol–water partition coefficient (Wildman–Crippen LogP) is 3.65. The van der Waals surface area contributed by atoms with Gasteiger partial charge in [0.2, 0.25) is 0 Å². The quantitative estimate of drug-likeness (QED) is 0.776. The van der Waals surface area contributed by atoms with Crippen LogP contribution >= 0.6 is 0 Å². The van der Waals surface area contributed by atoms with E-state index in [1.54, 1.807) is 0 Å². The fourth-order valence-electron chi connectivity index (χ4n) is 2.64. The van der Waals surface area contributed by atoms with E-state index in [4.69, 9.17) is 0 Å². The molecule has 0 aliphatic heterocycles. The summed E-state index contributed by atoms with van der Waals surface area (Å²) in [5, 5.41) is 8.06. The van der Waals surface area contributed by atoms with Crippen molar-refractivity contribution in [3.05, 3.63) is 65.4 Å². The molecular formula is C18H17F2N3O. The van der Waals surface area contributed by atoms with Gasteiger partial charge in [-0.05, 0) is 30.7 Å². The Morgan fingerprint density at radius 1 is 1.21 bits per heavy atom. The molecule has 0 saturated carbocycles. The Balaban J connectivity index is 1.83. The SMILES string of the molecule is CCCn1nc(CNC(=O)c2cc(F)ccc2F)c2ccccc21. The molecule has 1 N–H and O–H groups in total. The highest BCUT2D eigenvalue weighted by Crippen LogP contribution is 2.19. The average molecular weight is 329 g/mol. The van der Waals surface area contributed by atoms with Gasteiger partial charge in [0.1, 0.15) is 11.6 Å². The van der Waals surface area contributed by atoms with Crippen molar-refractivity contribution >= 4 is 16.8 Å². The number of amides is 1. The van der Waals surface area contributed by atoms with Gasteiger partial charge in [-0.25, -0.2) is 8.78 Å². The Hall–Kier alpha value is -2.76. The number of carbonyl (C=O) groups excluding carboxylic acids is 1. The van der Waals surface area contributed by atoms with Gasteiger partial charge in [0.05, 0.1) is 23.3 Å². The number of halogens is 2. The van der Waals surface area contributed by atoms with Gasteiger partial charge >= 0.3 is 0 Å². The Kier molecular flexibility index (Phi) is 4.55. The van der Waals surface area contributed by atoms with Crippen molar-refractivity contribution < 1.29 is 13.6 Å². The van der Waals surface area contributed by atoms with Crippen molar-refractivity contribution in [3.8, 4) is 0 Å². The number of hydrogen-bond donors (Lipinski definition) is 1. The molecule has 1 amide bonds. The maximum atomic E-state index is 13.7. The van der Waals surface area contributed by atoms with Gasteiger partial charge in [-0.3, -0.25) is 9.48 Å². The van der Waals surface area contributed by atoms with Crippen LogP contribution in [0, 0.1) is 11.6 Å². The number of nitrogens with zero attached hydrogens (tertiary/aromatic N) is 2. The summed E-state index contributed by atoms with van der Waals surface area (Å²) in [6.07, 6.45) is 0.936. The van der Waals surface area contributed by atoms with E-state index in [1.807, 2.05) is 28.9 Å². The molecule has 0 bridgehead atoms. The molecule has 2 aromatic carbocycles.